The molecule has 0 bridgehead atoms. The monoisotopic (exact) mass is 280 g/mol. The molecule has 108 valence electrons. The Kier molecular flexibility index (Phi) is 3.89. The summed E-state index contributed by atoms with van der Waals surface area (Å²) in [6, 6.07) is 16.3. The molecule has 1 fully saturated rings. The zero-order chi connectivity index (χ0) is 14.8. The highest BCUT2D eigenvalue weighted by Gasteiger charge is 2.31. The van der Waals surface area contributed by atoms with Crippen molar-refractivity contribution < 1.29 is 9.90 Å². The lowest BCUT2D eigenvalue weighted by molar-refractivity contribution is -0.123. The van der Waals surface area contributed by atoms with Crippen LogP contribution in [0, 0.1) is 12.8 Å². The average Bonchev–Trinajstić information content (AvgIpc) is 2.94. The quantitative estimate of drug-likeness (QED) is 0.920. The van der Waals surface area contributed by atoms with Crippen LogP contribution in [0.15, 0.2) is 48.5 Å². The van der Waals surface area contributed by atoms with Crippen LogP contribution in [0.5, 0.6) is 0 Å². The standard InChI is InChI=1S/C19H20O2/c1-13-5-7-14(8-6-13)15-9-11-16(12-10-15)19(21)17-3-2-4-18(17)20/h5-12,17,19,21H,2-4H2,1H3/t17-,19+/m1/s1. The van der Waals surface area contributed by atoms with Gasteiger partial charge in [0, 0.05) is 12.3 Å². The van der Waals surface area contributed by atoms with Crippen molar-refractivity contribution in [1.82, 2.24) is 0 Å². The molecule has 0 aliphatic heterocycles. The molecule has 0 heterocycles. The summed E-state index contributed by atoms with van der Waals surface area (Å²) in [5.41, 5.74) is 4.37. The van der Waals surface area contributed by atoms with Crippen LogP contribution in [0.2, 0.25) is 0 Å². The molecular weight excluding hydrogens is 260 g/mol. The number of ketones is 1. The molecular formula is C19H20O2. The van der Waals surface area contributed by atoms with E-state index in [1.807, 2.05) is 24.3 Å². The summed E-state index contributed by atoms with van der Waals surface area (Å²) in [4.78, 5) is 11.7. The molecule has 0 amide bonds. The number of hydrogen-bond donors (Lipinski definition) is 1. The van der Waals surface area contributed by atoms with Crippen LogP contribution in [0.25, 0.3) is 11.1 Å². The first-order valence-corrected chi connectivity index (χ1v) is 7.53. The fourth-order valence-corrected chi connectivity index (χ4v) is 3.03. The van der Waals surface area contributed by atoms with Gasteiger partial charge in [0.25, 0.3) is 0 Å². The van der Waals surface area contributed by atoms with Crippen molar-refractivity contribution in [2.24, 2.45) is 5.92 Å². The van der Waals surface area contributed by atoms with Gasteiger partial charge in [-0.2, -0.15) is 0 Å². The number of Topliss-reactive ketones (excluding diaryl/α,β-unsaturated/α-hetero) is 1. The molecule has 1 aliphatic carbocycles. The Hall–Kier alpha value is -1.93. The summed E-state index contributed by atoms with van der Waals surface area (Å²) in [7, 11) is 0. The third kappa shape index (κ3) is 2.91. The van der Waals surface area contributed by atoms with Gasteiger partial charge in [-0.1, -0.05) is 54.1 Å². The molecule has 2 aromatic rings. The van der Waals surface area contributed by atoms with Crippen molar-refractivity contribution in [2.45, 2.75) is 32.3 Å². The van der Waals surface area contributed by atoms with E-state index in [9.17, 15) is 9.90 Å². The van der Waals surface area contributed by atoms with Crippen LogP contribution in [-0.2, 0) is 4.79 Å². The molecule has 0 spiro atoms. The van der Waals surface area contributed by atoms with Crippen LogP contribution in [0.4, 0.5) is 0 Å². The van der Waals surface area contributed by atoms with E-state index in [-0.39, 0.29) is 11.7 Å². The number of hydrogen-bond acceptors (Lipinski definition) is 2. The largest absolute Gasteiger partial charge is 0.388 e. The Bertz CT molecular complexity index is 626. The van der Waals surface area contributed by atoms with Crippen LogP contribution in [0.3, 0.4) is 0 Å². The van der Waals surface area contributed by atoms with Crippen molar-refractivity contribution in [1.29, 1.82) is 0 Å². The molecule has 1 saturated carbocycles. The van der Waals surface area contributed by atoms with E-state index < -0.39 is 6.10 Å². The zero-order valence-corrected chi connectivity index (χ0v) is 12.3. The third-order valence-corrected chi connectivity index (χ3v) is 4.37. The van der Waals surface area contributed by atoms with E-state index in [0.717, 1.165) is 24.0 Å². The first kappa shape index (κ1) is 14.0. The lowest BCUT2D eigenvalue weighted by Crippen LogP contribution is -2.16. The fourth-order valence-electron chi connectivity index (χ4n) is 3.03. The van der Waals surface area contributed by atoms with Gasteiger partial charge in [0.2, 0.25) is 0 Å². The smallest absolute Gasteiger partial charge is 0.138 e. The summed E-state index contributed by atoms with van der Waals surface area (Å²) in [6.45, 7) is 2.07. The minimum Gasteiger partial charge on any atom is -0.388 e. The number of aliphatic hydroxyl groups is 1. The molecule has 1 aliphatic rings. The van der Waals surface area contributed by atoms with Gasteiger partial charge < -0.3 is 5.11 Å². The second-order valence-electron chi connectivity index (χ2n) is 5.90. The molecule has 0 unspecified atom stereocenters. The van der Waals surface area contributed by atoms with Gasteiger partial charge in [0.05, 0.1) is 6.10 Å². The number of aryl methyl sites for hydroxylation is 1. The van der Waals surface area contributed by atoms with E-state index in [1.54, 1.807) is 0 Å². The maximum Gasteiger partial charge on any atom is 0.138 e. The van der Waals surface area contributed by atoms with E-state index in [0.29, 0.717) is 6.42 Å². The van der Waals surface area contributed by atoms with Crippen LogP contribution >= 0.6 is 0 Å². The Morgan fingerprint density at radius 2 is 1.57 bits per heavy atom. The van der Waals surface area contributed by atoms with Crippen molar-refractivity contribution in [3.8, 4) is 11.1 Å². The van der Waals surface area contributed by atoms with E-state index in [2.05, 4.69) is 31.2 Å². The van der Waals surface area contributed by atoms with Crippen molar-refractivity contribution in [3.63, 3.8) is 0 Å². The molecule has 2 aromatic carbocycles. The molecule has 2 heteroatoms. The van der Waals surface area contributed by atoms with Gasteiger partial charge in [0.15, 0.2) is 0 Å². The summed E-state index contributed by atoms with van der Waals surface area (Å²) in [5, 5.41) is 10.4. The van der Waals surface area contributed by atoms with Gasteiger partial charge in [-0.3, -0.25) is 4.79 Å². The van der Waals surface area contributed by atoms with E-state index in [4.69, 9.17) is 0 Å². The Balaban J connectivity index is 1.80. The molecule has 0 aromatic heterocycles. The number of carbonyl (C=O) groups excluding carboxylic acids is 1. The molecule has 3 rings (SSSR count). The predicted molar refractivity (Wildman–Crippen MR) is 83.9 cm³/mol. The van der Waals surface area contributed by atoms with Crippen molar-refractivity contribution in [3.05, 3.63) is 59.7 Å². The lowest BCUT2D eigenvalue weighted by atomic mass is 9.92. The van der Waals surface area contributed by atoms with Crippen LogP contribution in [-0.4, -0.2) is 10.9 Å². The van der Waals surface area contributed by atoms with Crippen molar-refractivity contribution >= 4 is 5.78 Å². The number of aliphatic hydroxyl groups excluding tert-OH is 1. The second kappa shape index (κ2) is 5.82. The second-order valence-corrected chi connectivity index (χ2v) is 5.90. The SMILES string of the molecule is Cc1ccc(-c2ccc([C@H](O)[C@@H]3CCCC3=O)cc2)cc1. The number of carbonyl (C=O) groups is 1. The Morgan fingerprint density at radius 1 is 1.00 bits per heavy atom. The fraction of sp³-hybridized carbons (Fsp3) is 0.316. The molecule has 21 heavy (non-hydrogen) atoms. The van der Waals surface area contributed by atoms with Gasteiger partial charge in [-0.15, -0.1) is 0 Å². The van der Waals surface area contributed by atoms with Gasteiger partial charge in [-0.25, -0.2) is 0 Å². The normalized spacial score (nSPS) is 19.7. The Labute approximate surface area is 125 Å². The predicted octanol–water partition coefficient (Wildman–Crippen LogP) is 4.06. The first-order valence-electron chi connectivity index (χ1n) is 7.53. The molecule has 2 nitrogen and oxygen atoms in total. The van der Waals surface area contributed by atoms with Gasteiger partial charge >= 0.3 is 0 Å². The number of rotatable bonds is 3. The van der Waals surface area contributed by atoms with Gasteiger partial charge in [-0.05, 0) is 36.5 Å². The number of benzene rings is 2. The Morgan fingerprint density at radius 3 is 2.10 bits per heavy atom. The first-order chi connectivity index (χ1) is 10.1. The van der Waals surface area contributed by atoms with Crippen LogP contribution in [0.1, 0.15) is 36.5 Å². The summed E-state index contributed by atoms with van der Waals surface area (Å²) < 4.78 is 0. The highest BCUT2D eigenvalue weighted by Crippen LogP contribution is 2.33. The zero-order valence-electron chi connectivity index (χ0n) is 12.3. The molecule has 2 atom stereocenters. The minimum absolute atomic E-state index is 0.199. The lowest BCUT2D eigenvalue weighted by Gasteiger charge is -2.17. The highest BCUT2D eigenvalue weighted by atomic mass is 16.3. The van der Waals surface area contributed by atoms with Crippen LogP contribution < -0.4 is 0 Å². The molecule has 0 saturated heterocycles. The van der Waals surface area contributed by atoms with E-state index >= 15 is 0 Å². The van der Waals surface area contributed by atoms with Crippen molar-refractivity contribution in [2.75, 3.05) is 0 Å². The summed E-state index contributed by atoms with van der Waals surface area (Å²) >= 11 is 0. The van der Waals surface area contributed by atoms with E-state index in [1.165, 1.54) is 11.1 Å². The third-order valence-electron chi connectivity index (χ3n) is 4.37. The molecule has 1 N–H and O–H groups in total. The highest BCUT2D eigenvalue weighted by molar-refractivity contribution is 5.83. The van der Waals surface area contributed by atoms with Gasteiger partial charge in [0.1, 0.15) is 5.78 Å². The maximum absolute atomic E-state index is 11.7. The summed E-state index contributed by atoms with van der Waals surface area (Å²) in [6.07, 6.45) is 1.66. The summed E-state index contributed by atoms with van der Waals surface area (Å²) in [5.74, 6) is -0.0136. The maximum atomic E-state index is 11.7. The molecule has 0 radical (unpaired) electrons. The topological polar surface area (TPSA) is 37.3 Å². The average molecular weight is 280 g/mol. The minimum atomic E-state index is -0.660.